The molecular weight excluding hydrogens is 257 g/mol. The highest BCUT2D eigenvalue weighted by Crippen LogP contribution is 2.32. The predicted octanol–water partition coefficient (Wildman–Crippen LogP) is 2.11. The number of rotatable bonds is 2. The SMILES string of the molecule is CC(O)(c1ccc(F)cn1)c1cc(Cl)cnc1N. The monoisotopic (exact) mass is 267 g/mol. The molecule has 0 saturated heterocycles. The molecule has 2 heterocycles. The van der Waals surface area contributed by atoms with E-state index in [0.717, 1.165) is 6.20 Å². The van der Waals surface area contributed by atoms with E-state index in [0.29, 0.717) is 10.6 Å². The normalized spacial score (nSPS) is 14.2. The van der Waals surface area contributed by atoms with Gasteiger partial charge in [-0.2, -0.15) is 0 Å². The largest absolute Gasteiger partial charge is 0.383 e. The number of hydrogen-bond acceptors (Lipinski definition) is 4. The van der Waals surface area contributed by atoms with Crippen LogP contribution in [0.25, 0.3) is 0 Å². The molecule has 4 nitrogen and oxygen atoms in total. The van der Waals surface area contributed by atoms with Crippen molar-refractivity contribution in [2.24, 2.45) is 0 Å². The molecule has 18 heavy (non-hydrogen) atoms. The maximum atomic E-state index is 12.8. The fourth-order valence-corrected chi connectivity index (χ4v) is 1.80. The van der Waals surface area contributed by atoms with Crippen molar-refractivity contribution >= 4 is 17.4 Å². The predicted molar refractivity (Wildman–Crippen MR) is 66.5 cm³/mol. The molecule has 94 valence electrons. The van der Waals surface area contributed by atoms with Gasteiger partial charge < -0.3 is 10.8 Å². The number of nitrogen functional groups attached to an aromatic ring is 1. The molecule has 2 aromatic heterocycles. The molecule has 0 aromatic carbocycles. The molecule has 0 aliphatic carbocycles. The third-order valence-corrected chi connectivity index (χ3v) is 2.84. The summed E-state index contributed by atoms with van der Waals surface area (Å²) in [6.07, 6.45) is 2.41. The third-order valence-electron chi connectivity index (χ3n) is 2.64. The first-order chi connectivity index (χ1) is 8.41. The van der Waals surface area contributed by atoms with E-state index in [9.17, 15) is 9.50 Å². The molecule has 0 fully saturated rings. The van der Waals surface area contributed by atoms with Crippen LogP contribution in [0.4, 0.5) is 10.2 Å². The lowest BCUT2D eigenvalue weighted by molar-refractivity contribution is 0.0977. The second kappa shape index (κ2) is 4.51. The fraction of sp³-hybridized carbons (Fsp3) is 0.167. The van der Waals surface area contributed by atoms with Crippen molar-refractivity contribution in [1.29, 1.82) is 0 Å². The van der Waals surface area contributed by atoms with Crippen molar-refractivity contribution in [3.8, 4) is 0 Å². The highest BCUT2D eigenvalue weighted by Gasteiger charge is 2.30. The summed E-state index contributed by atoms with van der Waals surface area (Å²) in [6, 6.07) is 4.11. The Morgan fingerprint density at radius 2 is 2.06 bits per heavy atom. The van der Waals surface area contributed by atoms with Gasteiger partial charge in [0.15, 0.2) is 0 Å². The Morgan fingerprint density at radius 1 is 1.33 bits per heavy atom. The van der Waals surface area contributed by atoms with Crippen LogP contribution in [0.5, 0.6) is 0 Å². The minimum atomic E-state index is -1.49. The highest BCUT2D eigenvalue weighted by atomic mass is 35.5. The van der Waals surface area contributed by atoms with Crippen molar-refractivity contribution in [2.75, 3.05) is 5.73 Å². The van der Waals surface area contributed by atoms with E-state index in [-0.39, 0.29) is 11.5 Å². The van der Waals surface area contributed by atoms with Crippen LogP contribution in [-0.2, 0) is 5.60 Å². The van der Waals surface area contributed by atoms with Crippen molar-refractivity contribution < 1.29 is 9.50 Å². The van der Waals surface area contributed by atoms with Crippen LogP contribution < -0.4 is 5.73 Å². The minimum absolute atomic E-state index is 0.149. The molecule has 0 bridgehead atoms. The van der Waals surface area contributed by atoms with Gasteiger partial charge in [-0.3, -0.25) is 4.98 Å². The summed E-state index contributed by atoms with van der Waals surface area (Å²) in [7, 11) is 0. The van der Waals surface area contributed by atoms with Crippen LogP contribution in [0.15, 0.2) is 30.6 Å². The van der Waals surface area contributed by atoms with Crippen molar-refractivity contribution in [3.05, 3.63) is 52.7 Å². The van der Waals surface area contributed by atoms with Gasteiger partial charge in [0.1, 0.15) is 17.2 Å². The molecule has 0 spiro atoms. The molecule has 1 atom stereocenters. The van der Waals surface area contributed by atoms with E-state index in [1.807, 2.05) is 0 Å². The maximum absolute atomic E-state index is 12.8. The van der Waals surface area contributed by atoms with Crippen LogP contribution in [-0.4, -0.2) is 15.1 Å². The molecular formula is C12H11ClFN3O. The van der Waals surface area contributed by atoms with Crippen LogP contribution in [0, 0.1) is 5.82 Å². The summed E-state index contributed by atoms with van der Waals surface area (Å²) in [4.78, 5) is 7.72. The average Bonchev–Trinajstić information content (AvgIpc) is 2.32. The van der Waals surface area contributed by atoms with Gasteiger partial charge in [-0.15, -0.1) is 0 Å². The van der Waals surface area contributed by atoms with Gasteiger partial charge in [-0.05, 0) is 25.1 Å². The Kier molecular flexibility index (Phi) is 3.19. The summed E-state index contributed by atoms with van der Waals surface area (Å²) in [5.41, 5.74) is 4.81. The summed E-state index contributed by atoms with van der Waals surface area (Å²) >= 11 is 5.83. The first kappa shape index (κ1) is 12.7. The fourth-order valence-electron chi connectivity index (χ4n) is 1.64. The van der Waals surface area contributed by atoms with Gasteiger partial charge in [0.05, 0.1) is 16.9 Å². The van der Waals surface area contributed by atoms with E-state index in [1.165, 1.54) is 31.3 Å². The molecule has 2 rings (SSSR count). The standard InChI is InChI=1S/C12H11ClFN3O/c1-12(18,10-3-2-8(14)6-16-10)9-4-7(13)5-17-11(9)15/h2-6,18H,1H3,(H2,15,17). The Morgan fingerprint density at radius 3 is 2.67 bits per heavy atom. The van der Waals surface area contributed by atoms with E-state index < -0.39 is 11.4 Å². The number of aromatic nitrogens is 2. The Bertz CT molecular complexity index is 572. The average molecular weight is 268 g/mol. The number of aliphatic hydroxyl groups is 1. The second-order valence-electron chi connectivity index (χ2n) is 4.02. The van der Waals surface area contributed by atoms with Gasteiger partial charge in [-0.1, -0.05) is 11.6 Å². The Hall–Kier alpha value is -1.72. The van der Waals surface area contributed by atoms with Gasteiger partial charge in [0.2, 0.25) is 0 Å². The van der Waals surface area contributed by atoms with Gasteiger partial charge in [-0.25, -0.2) is 9.37 Å². The number of nitrogens with two attached hydrogens (primary N) is 1. The summed E-state index contributed by atoms with van der Waals surface area (Å²) < 4.78 is 12.8. The lowest BCUT2D eigenvalue weighted by Gasteiger charge is -2.24. The molecule has 0 radical (unpaired) electrons. The lowest BCUT2D eigenvalue weighted by atomic mass is 9.92. The first-order valence-electron chi connectivity index (χ1n) is 5.17. The highest BCUT2D eigenvalue weighted by molar-refractivity contribution is 6.30. The number of halogens is 2. The molecule has 6 heteroatoms. The van der Waals surface area contributed by atoms with E-state index >= 15 is 0 Å². The van der Waals surface area contributed by atoms with Gasteiger partial charge in [0, 0.05) is 11.8 Å². The zero-order chi connectivity index (χ0) is 13.3. The minimum Gasteiger partial charge on any atom is -0.383 e. The van der Waals surface area contributed by atoms with Crippen molar-refractivity contribution in [3.63, 3.8) is 0 Å². The van der Waals surface area contributed by atoms with Crippen LogP contribution in [0.1, 0.15) is 18.2 Å². The lowest BCUT2D eigenvalue weighted by Crippen LogP contribution is -2.26. The first-order valence-corrected chi connectivity index (χ1v) is 5.55. The van der Waals surface area contributed by atoms with Crippen molar-refractivity contribution in [1.82, 2.24) is 9.97 Å². The number of pyridine rings is 2. The maximum Gasteiger partial charge on any atom is 0.141 e. The molecule has 0 aliphatic rings. The molecule has 1 unspecified atom stereocenters. The molecule has 3 N–H and O–H groups in total. The van der Waals surface area contributed by atoms with E-state index in [2.05, 4.69) is 9.97 Å². The number of anilines is 1. The van der Waals surface area contributed by atoms with E-state index in [1.54, 1.807) is 0 Å². The zero-order valence-electron chi connectivity index (χ0n) is 9.56. The van der Waals surface area contributed by atoms with Crippen LogP contribution >= 0.6 is 11.6 Å². The smallest absolute Gasteiger partial charge is 0.141 e. The second-order valence-corrected chi connectivity index (χ2v) is 4.46. The third kappa shape index (κ3) is 2.27. The quantitative estimate of drug-likeness (QED) is 0.874. The van der Waals surface area contributed by atoms with Crippen molar-refractivity contribution in [2.45, 2.75) is 12.5 Å². The topological polar surface area (TPSA) is 72.0 Å². The summed E-state index contributed by atoms with van der Waals surface area (Å²) in [6.45, 7) is 1.50. The molecule has 0 amide bonds. The summed E-state index contributed by atoms with van der Waals surface area (Å²) in [5, 5.41) is 10.8. The molecule has 0 aliphatic heterocycles. The van der Waals surface area contributed by atoms with Gasteiger partial charge in [0.25, 0.3) is 0 Å². The van der Waals surface area contributed by atoms with Gasteiger partial charge >= 0.3 is 0 Å². The number of nitrogens with zero attached hydrogens (tertiary/aromatic N) is 2. The molecule has 0 saturated carbocycles. The van der Waals surface area contributed by atoms with Crippen LogP contribution in [0.2, 0.25) is 5.02 Å². The zero-order valence-corrected chi connectivity index (χ0v) is 10.3. The Labute approximate surface area is 108 Å². The number of hydrogen-bond donors (Lipinski definition) is 2. The van der Waals surface area contributed by atoms with Crippen LogP contribution in [0.3, 0.4) is 0 Å². The van der Waals surface area contributed by atoms with E-state index in [4.69, 9.17) is 17.3 Å². The summed E-state index contributed by atoms with van der Waals surface area (Å²) in [5.74, 6) is -0.331. The Balaban J connectivity index is 2.53. The molecule has 2 aromatic rings.